The summed E-state index contributed by atoms with van der Waals surface area (Å²) in [7, 11) is 0. The third-order valence-corrected chi connectivity index (χ3v) is 4.32. The van der Waals surface area contributed by atoms with Gasteiger partial charge in [0.05, 0.1) is 12.7 Å². The van der Waals surface area contributed by atoms with Gasteiger partial charge in [-0.3, -0.25) is 0 Å². The van der Waals surface area contributed by atoms with Crippen LogP contribution >= 0.6 is 0 Å². The Bertz CT molecular complexity index is 817. The Balaban J connectivity index is 1.64. The zero-order valence-corrected chi connectivity index (χ0v) is 12.4. The van der Waals surface area contributed by atoms with Gasteiger partial charge in [-0.2, -0.15) is 0 Å². The summed E-state index contributed by atoms with van der Waals surface area (Å²) in [6, 6.07) is 25.7. The van der Waals surface area contributed by atoms with E-state index >= 15 is 0 Å². The van der Waals surface area contributed by atoms with E-state index in [0.717, 1.165) is 6.42 Å². The molecule has 22 heavy (non-hydrogen) atoms. The third-order valence-electron chi connectivity index (χ3n) is 4.32. The lowest BCUT2D eigenvalue weighted by Crippen LogP contribution is -2.11. The molecule has 1 aliphatic heterocycles. The van der Waals surface area contributed by atoms with Gasteiger partial charge < -0.3 is 4.74 Å². The van der Waals surface area contributed by atoms with Gasteiger partial charge in [0.25, 0.3) is 0 Å². The highest BCUT2D eigenvalue weighted by atomic mass is 16.5. The second kappa shape index (κ2) is 5.78. The van der Waals surface area contributed by atoms with Gasteiger partial charge in [-0.05, 0) is 33.5 Å². The molecule has 0 saturated carbocycles. The highest BCUT2D eigenvalue weighted by Gasteiger charge is 2.19. The summed E-state index contributed by atoms with van der Waals surface area (Å²) in [5, 5.41) is 2.56. The van der Waals surface area contributed by atoms with Crippen LogP contribution in [0.5, 0.6) is 0 Å². The van der Waals surface area contributed by atoms with Gasteiger partial charge in [-0.15, -0.1) is 0 Å². The Kier molecular flexibility index (Phi) is 3.49. The molecule has 1 heterocycles. The first kappa shape index (κ1) is 13.3. The van der Waals surface area contributed by atoms with Gasteiger partial charge in [-0.25, -0.2) is 0 Å². The van der Waals surface area contributed by atoms with E-state index in [0.29, 0.717) is 6.61 Å². The first-order valence-corrected chi connectivity index (χ1v) is 7.75. The van der Waals surface area contributed by atoms with Crippen molar-refractivity contribution in [2.24, 2.45) is 0 Å². The molecule has 0 fully saturated rings. The van der Waals surface area contributed by atoms with Gasteiger partial charge in [0.15, 0.2) is 0 Å². The number of hydrogen-bond acceptors (Lipinski definition) is 1. The molecule has 1 heteroatoms. The smallest absolute Gasteiger partial charge is 0.0869 e. The van der Waals surface area contributed by atoms with Crippen LogP contribution in [0.3, 0.4) is 0 Å². The average molecular weight is 286 g/mol. The van der Waals surface area contributed by atoms with Gasteiger partial charge >= 0.3 is 0 Å². The number of ether oxygens (including phenoxy) is 1. The number of benzene rings is 3. The number of fused-ring (bicyclic) bond motifs is 1. The molecule has 1 unspecified atom stereocenters. The first-order valence-electron chi connectivity index (χ1n) is 7.75. The average Bonchev–Trinajstić information content (AvgIpc) is 2.62. The molecule has 0 N–H and O–H groups in total. The van der Waals surface area contributed by atoms with Gasteiger partial charge in [0.1, 0.15) is 0 Å². The predicted octanol–water partition coefficient (Wildman–Crippen LogP) is 5.38. The minimum Gasteiger partial charge on any atom is -0.369 e. The summed E-state index contributed by atoms with van der Waals surface area (Å²) in [5.41, 5.74) is 3.95. The van der Waals surface area contributed by atoms with Crippen molar-refractivity contribution in [1.82, 2.24) is 0 Å². The molecule has 4 rings (SSSR count). The third kappa shape index (κ3) is 2.56. The molecule has 1 atom stereocenters. The molecule has 0 radical (unpaired) electrons. The maximum Gasteiger partial charge on any atom is 0.0869 e. The summed E-state index contributed by atoms with van der Waals surface area (Å²) in [4.78, 5) is 0. The SMILES string of the molecule is C1=C(c2ccccc2)CC(c2ccc3ccccc3c2)OC1. The fourth-order valence-corrected chi connectivity index (χ4v) is 3.12. The largest absolute Gasteiger partial charge is 0.369 e. The summed E-state index contributed by atoms with van der Waals surface area (Å²) in [5.74, 6) is 0. The van der Waals surface area contributed by atoms with Crippen molar-refractivity contribution in [2.75, 3.05) is 6.61 Å². The van der Waals surface area contributed by atoms with Crippen LogP contribution in [0, 0.1) is 0 Å². The lowest BCUT2D eigenvalue weighted by Gasteiger charge is -2.24. The summed E-state index contributed by atoms with van der Waals surface area (Å²) in [6.07, 6.45) is 3.28. The minimum absolute atomic E-state index is 0.143. The Morgan fingerprint density at radius 2 is 1.55 bits per heavy atom. The van der Waals surface area contributed by atoms with E-state index in [-0.39, 0.29) is 6.10 Å². The Labute approximate surface area is 130 Å². The van der Waals surface area contributed by atoms with Crippen molar-refractivity contribution >= 4 is 16.3 Å². The molecular formula is C21H18O. The molecule has 1 nitrogen and oxygen atoms in total. The van der Waals surface area contributed by atoms with Crippen LogP contribution in [0.2, 0.25) is 0 Å². The highest BCUT2D eigenvalue weighted by molar-refractivity contribution is 5.83. The molecule has 0 aromatic heterocycles. The molecule has 0 saturated heterocycles. The summed E-state index contributed by atoms with van der Waals surface area (Å²) >= 11 is 0. The summed E-state index contributed by atoms with van der Waals surface area (Å²) in [6.45, 7) is 0.682. The molecule has 0 amide bonds. The van der Waals surface area contributed by atoms with Crippen LogP contribution in [0.15, 0.2) is 78.9 Å². The van der Waals surface area contributed by atoms with E-state index in [1.165, 1.54) is 27.5 Å². The lowest BCUT2D eigenvalue weighted by atomic mass is 9.93. The molecule has 0 spiro atoms. The highest BCUT2D eigenvalue weighted by Crippen LogP contribution is 2.34. The Morgan fingerprint density at radius 3 is 2.41 bits per heavy atom. The van der Waals surface area contributed by atoms with Gasteiger partial charge in [0.2, 0.25) is 0 Å². The van der Waals surface area contributed by atoms with Crippen molar-refractivity contribution < 1.29 is 4.74 Å². The van der Waals surface area contributed by atoms with Crippen LogP contribution in [0.25, 0.3) is 16.3 Å². The standard InChI is InChI=1S/C21H18O/c1-2-6-16(7-3-1)19-12-13-22-21(15-19)20-11-10-17-8-4-5-9-18(17)14-20/h1-12,14,21H,13,15H2. The van der Waals surface area contributed by atoms with Crippen LogP contribution < -0.4 is 0 Å². The first-order chi connectivity index (χ1) is 10.9. The quantitative estimate of drug-likeness (QED) is 0.614. The molecule has 0 bridgehead atoms. The van der Waals surface area contributed by atoms with Gasteiger partial charge in [0, 0.05) is 6.42 Å². The molecule has 3 aromatic rings. The van der Waals surface area contributed by atoms with Crippen molar-refractivity contribution in [3.63, 3.8) is 0 Å². The zero-order valence-electron chi connectivity index (χ0n) is 12.4. The molecule has 108 valence electrons. The molecule has 0 aliphatic carbocycles. The monoisotopic (exact) mass is 286 g/mol. The molecule has 3 aromatic carbocycles. The van der Waals surface area contributed by atoms with Crippen molar-refractivity contribution in [2.45, 2.75) is 12.5 Å². The topological polar surface area (TPSA) is 9.23 Å². The maximum atomic E-state index is 5.99. The molecule has 1 aliphatic rings. The van der Waals surface area contributed by atoms with E-state index in [2.05, 4.69) is 78.9 Å². The van der Waals surface area contributed by atoms with E-state index in [9.17, 15) is 0 Å². The van der Waals surface area contributed by atoms with E-state index < -0.39 is 0 Å². The van der Waals surface area contributed by atoms with E-state index in [1.54, 1.807) is 0 Å². The summed E-state index contributed by atoms with van der Waals surface area (Å²) < 4.78 is 5.99. The van der Waals surface area contributed by atoms with Crippen LogP contribution in [0.1, 0.15) is 23.7 Å². The fraction of sp³-hybridized carbons (Fsp3) is 0.143. The Morgan fingerprint density at radius 1 is 0.773 bits per heavy atom. The van der Waals surface area contributed by atoms with E-state index in [1.807, 2.05) is 0 Å². The van der Waals surface area contributed by atoms with Crippen LogP contribution in [0.4, 0.5) is 0 Å². The Hall–Kier alpha value is -2.38. The van der Waals surface area contributed by atoms with Crippen LogP contribution in [-0.2, 0) is 4.74 Å². The number of hydrogen-bond donors (Lipinski definition) is 0. The number of rotatable bonds is 2. The van der Waals surface area contributed by atoms with Crippen molar-refractivity contribution in [3.05, 3.63) is 90.0 Å². The maximum absolute atomic E-state index is 5.99. The van der Waals surface area contributed by atoms with Crippen molar-refractivity contribution in [3.8, 4) is 0 Å². The van der Waals surface area contributed by atoms with Crippen molar-refractivity contribution in [1.29, 1.82) is 0 Å². The van der Waals surface area contributed by atoms with Crippen LogP contribution in [-0.4, -0.2) is 6.61 Å². The predicted molar refractivity (Wildman–Crippen MR) is 91.7 cm³/mol. The molecular weight excluding hydrogens is 268 g/mol. The minimum atomic E-state index is 0.143. The lowest BCUT2D eigenvalue weighted by molar-refractivity contribution is 0.0709. The zero-order chi connectivity index (χ0) is 14.8. The normalized spacial score (nSPS) is 18.2. The fourth-order valence-electron chi connectivity index (χ4n) is 3.12. The van der Waals surface area contributed by atoms with E-state index in [4.69, 9.17) is 4.74 Å². The second-order valence-corrected chi connectivity index (χ2v) is 5.73. The van der Waals surface area contributed by atoms with Gasteiger partial charge in [-0.1, -0.05) is 72.8 Å². The second-order valence-electron chi connectivity index (χ2n) is 5.73.